The summed E-state index contributed by atoms with van der Waals surface area (Å²) in [5.41, 5.74) is 2.53. The van der Waals surface area contributed by atoms with E-state index in [4.69, 9.17) is 23.2 Å². The van der Waals surface area contributed by atoms with Crippen LogP contribution in [0.15, 0.2) is 64.8 Å². The van der Waals surface area contributed by atoms with Gasteiger partial charge in [0.2, 0.25) is 0 Å². The van der Waals surface area contributed by atoms with Gasteiger partial charge >= 0.3 is 0 Å². The number of rotatable bonds is 5. The van der Waals surface area contributed by atoms with Crippen molar-refractivity contribution < 1.29 is 10.0 Å². The van der Waals surface area contributed by atoms with Gasteiger partial charge in [-0.15, -0.1) is 5.11 Å². The van der Waals surface area contributed by atoms with E-state index in [1.165, 1.54) is 12.1 Å². The number of azo groups is 1. The van der Waals surface area contributed by atoms with Crippen LogP contribution in [0.3, 0.4) is 0 Å². The number of hydrogen-bond donors (Lipinski definition) is 1. The van der Waals surface area contributed by atoms with Crippen LogP contribution in [0.5, 0.6) is 0 Å². The van der Waals surface area contributed by atoms with E-state index in [1.807, 2.05) is 36.4 Å². The molecule has 0 spiro atoms. The normalized spacial score (nSPS) is 11.7. The molecule has 1 N–H and O–H groups in total. The molecule has 1 heterocycles. The van der Waals surface area contributed by atoms with Gasteiger partial charge in [-0.05, 0) is 24.3 Å². The van der Waals surface area contributed by atoms with Gasteiger partial charge in [0.25, 0.3) is 5.69 Å². The molecular formula is C20H14Cl2N4O3. The van der Waals surface area contributed by atoms with Crippen LogP contribution < -0.4 is 0 Å². The van der Waals surface area contributed by atoms with E-state index < -0.39 is 4.92 Å². The van der Waals surface area contributed by atoms with Crippen molar-refractivity contribution in [1.82, 2.24) is 4.57 Å². The SMILES string of the molecule is O=[N+]([O-])c1cc(Cl)c(/N=N/c2ccc3c(c2)c2ccccc2n3CCO)c(Cl)c1. The number of nitrogens with zero attached hydrogens (tertiary/aromatic N) is 4. The van der Waals surface area contributed by atoms with E-state index in [1.54, 1.807) is 6.07 Å². The number of para-hydroxylation sites is 1. The lowest BCUT2D eigenvalue weighted by atomic mass is 10.1. The highest BCUT2D eigenvalue weighted by Gasteiger charge is 2.15. The van der Waals surface area contributed by atoms with Crippen molar-refractivity contribution in [3.63, 3.8) is 0 Å². The second kappa shape index (κ2) is 7.79. The Bertz CT molecular complexity index is 1260. The van der Waals surface area contributed by atoms with Crippen molar-refractivity contribution in [2.75, 3.05) is 6.61 Å². The summed E-state index contributed by atoms with van der Waals surface area (Å²) in [6.45, 7) is 0.519. The molecule has 0 aliphatic heterocycles. The molecule has 29 heavy (non-hydrogen) atoms. The molecule has 0 bridgehead atoms. The van der Waals surface area contributed by atoms with Crippen LogP contribution in [0.1, 0.15) is 0 Å². The second-order valence-electron chi connectivity index (χ2n) is 6.31. The van der Waals surface area contributed by atoms with E-state index in [9.17, 15) is 15.2 Å². The van der Waals surface area contributed by atoms with E-state index in [-0.39, 0.29) is 28.0 Å². The molecule has 0 aliphatic rings. The minimum atomic E-state index is -0.575. The van der Waals surface area contributed by atoms with Crippen molar-refractivity contribution in [2.24, 2.45) is 10.2 Å². The Balaban J connectivity index is 1.78. The Morgan fingerprint density at radius 1 is 0.966 bits per heavy atom. The van der Waals surface area contributed by atoms with Crippen molar-refractivity contribution in [3.05, 3.63) is 74.8 Å². The molecule has 0 unspecified atom stereocenters. The first-order valence-corrected chi connectivity index (χ1v) is 9.42. The van der Waals surface area contributed by atoms with Gasteiger partial charge in [-0.2, -0.15) is 5.11 Å². The minimum absolute atomic E-state index is 0.0341. The molecule has 0 aliphatic carbocycles. The zero-order valence-corrected chi connectivity index (χ0v) is 16.4. The van der Waals surface area contributed by atoms with Crippen molar-refractivity contribution in [1.29, 1.82) is 0 Å². The summed E-state index contributed by atoms with van der Waals surface area (Å²) < 4.78 is 2.05. The molecule has 0 amide bonds. The number of aromatic nitrogens is 1. The Morgan fingerprint density at radius 3 is 2.34 bits per heavy atom. The van der Waals surface area contributed by atoms with Gasteiger partial charge in [0.15, 0.2) is 0 Å². The summed E-state index contributed by atoms with van der Waals surface area (Å²) in [7, 11) is 0. The molecule has 0 saturated carbocycles. The highest BCUT2D eigenvalue weighted by Crippen LogP contribution is 2.38. The zero-order valence-electron chi connectivity index (χ0n) is 14.9. The molecule has 4 rings (SSSR count). The fourth-order valence-electron chi connectivity index (χ4n) is 3.31. The smallest absolute Gasteiger partial charge is 0.272 e. The Hall–Kier alpha value is -3.00. The standard InChI is InChI=1S/C20H14Cl2N4O3/c21-16-10-13(26(28)29)11-17(22)20(16)24-23-12-5-6-19-15(9-12)14-3-1-2-4-18(14)25(19)7-8-27/h1-6,9-11,27H,7-8H2/b24-23+. The third-order valence-electron chi connectivity index (χ3n) is 4.56. The Kier molecular flexibility index (Phi) is 5.19. The van der Waals surface area contributed by atoms with Crippen LogP contribution in [0.25, 0.3) is 21.8 Å². The largest absolute Gasteiger partial charge is 0.395 e. The molecule has 0 saturated heterocycles. The van der Waals surface area contributed by atoms with Crippen LogP contribution in [0, 0.1) is 10.1 Å². The Morgan fingerprint density at radius 2 is 1.66 bits per heavy atom. The zero-order chi connectivity index (χ0) is 20.5. The number of hydrogen-bond acceptors (Lipinski definition) is 5. The number of benzene rings is 3. The van der Waals surface area contributed by atoms with Crippen LogP contribution in [-0.4, -0.2) is 21.2 Å². The average molecular weight is 429 g/mol. The maximum Gasteiger partial charge on any atom is 0.272 e. The van der Waals surface area contributed by atoms with E-state index >= 15 is 0 Å². The number of fused-ring (bicyclic) bond motifs is 3. The molecular weight excluding hydrogens is 415 g/mol. The fourth-order valence-corrected chi connectivity index (χ4v) is 3.86. The third kappa shape index (κ3) is 3.55. The molecule has 9 heteroatoms. The molecule has 0 fully saturated rings. The van der Waals surface area contributed by atoms with Gasteiger partial charge in [-0.3, -0.25) is 10.1 Å². The van der Waals surface area contributed by atoms with Gasteiger partial charge in [0.05, 0.1) is 27.3 Å². The highest BCUT2D eigenvalue weighted by molar-refractivity contribution is 6.39. The number of halogens is 2. The van der Waals surface area contributed by atoms with E-state index in [2.05, 4.69) is 14.8 Å². The highest BCUT2D eigenvalue weighted by atomic mass is 35.5. The van der Waals surface area contributed by atoms with Crippen molar-refractivity contribution >= 4 is 62.1 Å². The number of nitro groups is 1. The average Bonchev–Trinajstić information content (AvgIpc) is 3.01. The predicted octanol–water partition coefficient (Wildman–Crippen LogP) is 6.42. The number of aliphatic hydroxyl groups is 1. The molecule has 1 aromatic heterocycles. The van der Waals surface area contributed by atoms with Gasteiger partial charge in [0.1, 0.15) is 5.69 Å². The molecule has 0 radical (unpaired) electrons. The molecule has 3 aromatic carbocycles. The summed E-state index contributed by atoms with van der Waals surface area (Å²) in [4.78, 5) is 10.3. The molecule has 4 aromatic rings. The molecule has 146 valence electrons. The van der Waals surface area contributed by atoms with Crippen LogP contribution in [0.4, 0.5) is 17.1 Å². The first-order valence-electron chi connectivity index (χ1n) is 8.66. The predicted molar refractivity (Wildman–Crippen MR) is 114 cm³/mol. The summed E-state index contributed by atoms with van der Waals surface area (Å²) in [6, 6.07) is 15.9. The number of aliphatic hydroxyl groups excluding tert-OH is 1. The van der Waals surface area contributed by atoms with E-state index in [0.717, 1.165) is 21.8 Å². The maximum atomic E-state index is 10.9. The topological polar surface area (TPSA) is 93.0 Å². The van der Waals surface area contributed by atoms with E-state index in [0.29, 0.717) is 12.2 Å². The Labute approximate surface area is 175 Å². The lowest BCUT2D eigenvalue weighted by molar-refractivity contribution is -0.384. The van der Waals surface area contributed by atoms with Gasteiger partial charge in [-0.1, -0.05) is 41.4 Å². The molecule has 7 nitrogen and oxygen atoms in total. The maximum absolute atomic E-state index is 10.9. The second-order valence-corrected chi connectivity index (χ2v) is 7.12. The van der Waals surface area contributed by atoms with Crippen LogP contribution >= 0.6 is 23.2 Å². The van der Waals surface area contributed by atoms with Crippen LogP contribution in [-0.2, 0) is 6.54 Å². The summed E-state index contributed by atoms with van der Waals surface area (Å²) in [5, 5.41) is 30.7. The lowest BCUT2D eigenvalue weighted by Gasteiger charge is -2.04. The third-order valence-corrected chi connectivity index (χ3v) is 5.13. The van der Waals surface area contributed by atoms with Crippen molar-refractivity contribution in [2.45, 2.75) is 6.54 Å². The minimum Gasteiger partial charge on any atom is -0.395 e. The fraction of sp³-hybridized carbons (Fsp3) is 0.100. The van der Waals surface area contributed by atoms with Gasteiger partial charge < -0.3 is 9.67 Å². The van der Waals surface area contributed by atoms with Gasteiger partial charge in [-0.25, -0.2) is 0 Å². The van der Waals surface area contributed by atoms with Crippen molar-refractivity contribution in [3.8, 4) is 0 Å². The first-order chi connectivity index (χ1) is 14.0. The number of non-ortho nitro benzene ring substituents is 1. The summed E-state index contributed by atoms with van der Waals surface area (Å²) in [5.74, 6) is 0. The first kappa shape index (κ1) is 19.3. The summed E-state index contributed by atoms with van der Waals surface area (Å²) >= 11 is 12.2. The molecule has 0 atom stereocenters. The number of nitro benzene ring substituents is 1. The lowest BCUT2D eigenvalue weighted by Crippen LogP contribution is -2.00. The quantitative estimate of drug-likeness (QED) is 0.225. The summed E-state index contributed by atoms with van der Waals surface area (Å²) in [6.07, 6.45) is 0. The van der Waals surface area contributed by atoms with Gasteiger partial charge in [0, 0.05) is 40.5 Å². The van der Waals surface area contributed by atoms with Crippen LogP contribution in [0.2, 0.25) is 10.0 Å². The monoisotopic (exact) mass is 428 g/mol.